The molecule has 0 aromatic heterocycles. The lowest BCUT2D eigenvalue weighted by Crippen LogP contribution is -2.63. The Labute approximate surface area is 142 Å². The van der Waals surface area contributed by atoms with E-state index >= 15 is 0 Å². The minimum atomic E-state index is -0.512. The zero-order valence-corrected chi connectivity index (χ0v) is 14.6. The lowest BCUT2D eigenvalue weighted by atomic mass is 9.97. The monoisotopic (exact) mass is 338 g/mol. The van der Waals surface area contributed by atoms with E-state index < -0.39 is 12.6 Å². The third kappa shape index (κ3) is 3.64. The third-order valence-electron chi connectivity index (χ3n) is 4.31. The molecule has 6 nitrogen and oxygen atoms in total. The molecule has 0 amide bonds. The Morgan fingerprint density at radius 1 is 1.00 bits per heavy atom. The van der Waals surface area contributed by atoms with Gasteiger partial charge in [0, 0.05) is 19.8 Å². The van der Waals surface area contributed by atoms with Gasteiger partial charge in [-0.2, -0.15) is 0 Å². The van der Waals surface area contributed by atoms with E-state index in [0.29, 0.717) is 6.61 Å². The predicted molar refractivity (Wildman–Crippen MR) is 86.5 cm³/mol. The van der Waals surface area contributed by atoms with Crippen LogP contribution in [0.5, 0.6) is 0 Å². The van der Waals surface area contributed by atoms with E-state index in [1.807, 2.05) is 44.2 Å². The Hall–Kier alpha value is -1.02. The zero-order chi connectivity index (χ0) is 17.1. The fraction of sp³-hybridized carbons (Fsp3) is 0.667. The van der Waals surface area contributed by atoms with Gasteiger partial charge in [0.25, 0.3) is 0 Å². The van der Waals surface area contributed by atoms with Crippen molar-refractivity contribution in [3.05, 3.63) is 35.9 Å². The molecule has 1 aromatic rings. The highest BCUT2D eigenvalue weighted by Crippen LogP contribution is 2.36. The molecular formula is C18H26O6. The molecule has 3 rings (SSSR count). The molecule has 1 aromatic carbocycles. The van der Waals surface area contributed by atoms with Crippen LogP contribution in [0.15, 0.2) is 30.3 Å². The van der Waals surface area contributed by atoms with Crippen molar-refractivity contribution in [3.8, 4) is 0 Å². The summed E-state index contributed by atoms with van der Waals surface area (Å²) in [6.45, 7) is 4.34. The molecule has 6 heteroatoms. The fourth-order valence-electron chi connectivity index (χ4n) is 3.22. The summed E-state index contributed by atoms with van der Waals surface area (Å²) in [5.41, 5.74) is 0.973. The van der Waals surface area contributed by atoms with Crippen LogP contribution in [-0.4, -0.2) is 57.6 Å². The van der Waals surface area contributed by atoms with Gasteiger partial charge in [-0.1, -0.05) is 30.3 Å². The standard InChI is InChI=1S/C18H26O6/c1-11(2)22-18-16(20-4)15(19-3)14-13(23-18)10-21-17(24-14)12-8-6-5-7-9-12/h5-9,11,13-18H,10H2,1-4H3/t13-,14-,15+,16-,17?,18-/m1/s1. The number of hydrogen-bond acceptors (Lipinski definition) is 6. The highest BCUT2D eigenvalue weighted by atomic mass is 16.8. The van der Waals surface area contributed by atoms with Gasteiger partial charge >= 0.3 is 0 Å². The molecule has 24 heavy (non-hydrogen) atoms. The number of ether oxygens (including phenoxy) is 6. The van der Waals surface area contributed by atoms with Crippen molar-refractivity contribution in [2.24, 2.45) is 0 Å². The van der Waals surface area contributed by atoms with Crippen molar-refractivity contribution in [1.82, 2.24) is 0 Å². The van der Waals surface area contributed by atoms with Crippen molar-refractivity contribution >= 4 is 0 Å². The van der Waals surface area contributed by atoms with Gasteiger partial charge in [0.05, 0.1) is 12.7 Å². The molecule has 2 fully saturated rings. The molecule has 134 valence electrons. The third-order valence-corrected chi connectivity index (χ3v) is 4.31. The number of hydrogen-bond donors (Lipinski definition) is 0. The van der Waals surface area contributed by atoms with E-state index in [-0.39, 0.29) is 30.5 Å². The normalized spacial score (nSPS) is 36.5. The van der Waals surface area contributed by atoms with E-state index in [4.69, 9.17) is 28.4 Å². The smallest absolute Gasteiger partial charge is 0.187 e. The van der Waals surface area contributed by atoms with Gasteiger partial charge in [-0.05, 0) is 13.8 Å². The number of methoxy groups -OCH3 is 2. The van der Waals surface area contributed by atoms with Gasteiger partial charge in [-0.3, -0.25) is 0 Å². The van der Waals surface area contributed by atoms with Crippen LogP contribution in [0.1, 0.15) is 25.7 Å². The Morgan fingerprint density at radius 2 is 1.71 bits per heavy atom. The van der Waals surface area contributed by atoms with Gasteiger partial charge in [0.2, 0.25) is 0 Å². The summed E-state index contributed by atoms with van der Waals surface area (Å²) in [7, 11) is 3.28. The number of fused-ring (bicyclic) bond motifs is 1. The van der Waals surface area contributed by atoms with Crippen molar-refractivity contribution in [3.63, 3.8) is 0 Å². The Morgan fingerprint density at radius 3 is 2.33 bits per heavy atom. The summed E-state index contributed by atoms with van der Waals surface area (Å²) in [6, 6.07) is 9.85. The maximum absolute atomic E-state index is 6.16. The largest absolute Gasteiger partial charge is 0.376 e. The van der Waals surface area contributed by atoms with E-state index in [1.54, 1.807) is 14.2 Å². The zero-order valence-electron chi connectivity index (χ0n) is 14.6. The van der Waals surface area contributed by atoms with Crippen LogP contribution in [-0.2, 0) is 28.4 Å². The Bertz CT molecular complexity index is 507. The maximum atomic E-state index is 6.16. The lowest BCUT2D eigenvalue weighted by Gasteiger charge is -2.48. The molecule has 0 saturated carbocycles. The molecule has 2 aliphatic heterocycles. The molecule has 1 unspecified atom stereocenters. The minimum absolute atomic E-state index is 0.0178. The molecule has 0 N–H and O–H groups in total. The van der Waals surface area contributed by atoms with Crippen molar-refractivity contribution < 1.29 is 28.4 Å². The molecule has 0 bridgehead atoms. The first-order valence-electron chi connectivity index (χ1n) is 8.32. The Balaban J connectivity index is 1.77. The van der Waals surface area contributed by atoms with Gasteiger partial charge in [-0.15, -0.1) is 0 Å². The predicted octanol–water partition coefficient (Wildman–Crippen LogP) is 2.28. The topological polar surface area (TPSA) is 55.4 Å². The Kier molecular flexibility index (Phi) is 5.86. The molecule has 2 saturated heterocycles. The second-order valence-corrected chi connectivity index (χ2v) is 6.31. The second-order valence-electron chi connectivity index (χ2n) is 6.31. The first-order valence-corrected chi connectivity index (χ1v) is 8.32. The first kappa shape index (κ1) is 17.8. The summed E-state index contributed by atoms with van der Waals surface area (Å²) in [5, 5.41) is 0. The summed E-state index contributed by atoms with van der Waals surface area (Å²) in [5.74, 6) is 0. The average molecular weight is 338 g/mol. The molecule has 2 aliphatic rings. The van der Waals surface area contributed by atoms with Gasteiger partial charge in [-0.25, -0.2) is 0 Å². The van der Waals surface area contributed by atoms with Gasteiger partial charge < -0.3 is 28.4 Å². The van der Waals surface area contributed by atoms with Crippen LogP contribution in [0.25, 0.3) is 0 Å². The maximum Gasteiger partial charge on any atom is 0.187 e. The van der Waals surface area contributed by atoms with Crippen LogP contribution < -0.4 is 0 Å². The van der Waals surface area contributed by atoms with Crippen LogP contribution in [0.4, 0.5) is 0 Å². The van der Waals surface area contributed by atoms with Gasteiger partial charge in [0.15, 0.2) is 12.6 Å². The summed E-state index contributed by atoms with van der Waals surface area (Å²) >= 11 is 0. The molecule has 2 heterocycles. The summed E-state index contributed by atoms with van der Waals surface area (Å²) in [6.07, 6.45) is -2.14. The van der Waals surface area contributed by atoms with Crippen molar-refractivity contribution in [1.29, 1.82) is 0 Å². The van der Waals surface area contributed by atoms with E-state index in [1.165, 1.54) is 0 Å². The van der Waals surface area contributed by atoms with E-state index in [9.17, 15) is 0 Å². The van der Waals surface area contributed by atoms with Crippen LogP contribution in [0, 0.1) is 0 Å². The first-order chi connectivity index (χ1) is 11.6. The minimum Gasteiger partial charge on any atom is -0.376 e. The highest BCUT2D eigenvalue weighted by molar-refractivity contribution is 5.16. The average Bonchev–Trinajstić information content (AvgIpc) is 2.60. The fourth-order valence-corrected chi connectivity index (χ4v) is 3.22. The van der Waals surface area contributed by atoms with Crippen LogP contribution in [0.2, 0.25) is 0 Å². The SMILES string of the molecule is CO[C@@H]1[C@@H](OC)[C@H](OC(C)C)O[C@@H]2COC(c3ccccc3)O[C@@H]12. The van der Waals surface area contributed by atoms with E-state index in [2.05, 4.69) is 0 Å². The summed E-state index contributed by atoms with van der Waals surface area (Å²) < 4.78 is 35.2. The second kappa shape index (κ2) is 7.91. The van der Waals surface area contributed by atoms with Crippen molar-refractivity contribution in [2.45, 2.75) is 56.9 Å². The number of rotatable bonds is 5. The summed E-state index contributed by atoms with van der Waals surface area (Å²) in [4.78, 5) is 0. The molecule has 6 atom stereocenters. The van der Waals surface area contributed by atoms with Crippen LogP contribution in [0.3, 0.4) is 0 Å². The van der Waals surface area contributed by atoms with Gasteiger partial charge in [0.1, 0.15) is 24.4 Å². The van der Waals surface area contributed by atoms with E-state index in [0.717, 1.165) is 5.56 Å². The molecule has 0 spiro atoms. The highest BCUT2D eigenvalue weighted by Gasteiger charge is 2.51. The number of benzene rings is 1. The lowest BCUT2D eigenvalue weighted by molar-refractivity contribution is -0.369. The molecule has 0 radical (unpaired) electrons. The van der Waals surface area contributed by atoms with Crippen molar-refractivity contribution in [2.75, 3.05) is 20.8 Å². The molecular weight excluding hydrogens is 312 g/mol. The quantitative estimate of drug-likeness (QED) is 0.821. The van der Waals surface area contributed by atoms with Crippen LogP contribution >= 0.6 is 0 Å². The molecule has 0 aliphatic carbocycles.